The first kappa shape index (κ1) is 14.8. The summed E-state index contributed by atoms with van der Waals surface area (Å²) in [6, 6.07) is 2.22. The summed E-state index contributed by atoms with van der Waals surface area (Å²) in [7, 11) is 0. The number of ether oxygens (including phenoxy) is 1. The van der Waals surface area contributed by atoms with Crippen LogP contribution in [0.15, 0.2) is 12.1 Å². The summed E-state index contributed by atoms with van der Waals surface area (Å²) in [4.78, 5) is -0.0398. The fraction of sp³-hybridized carbons (Fsp3) is 0.417. The van der Waals surface area contributed by atoms with Crippen molar-refractivity contribution >= 4 is 22.9 Å². The summed E-state index contributed by atoms with van der Waals surface area (Å²) in [5.74, 6) is -1.44. The number of hydrogen-bond acceptors (Lipinski definition) is 3. The molecule has 3 nitrogen and oxygen atoms in total. The van der Waals surface area contributed by atoms with Gasteiger partial charge in [-0.2, -0.15) is 0 Å². The molecule has 1 aromatic carbocycles. The molecule has 0 saturated carbocycles. The van der Waals surface area contributed by atoms with Crippen molar-refractivity contribution in [2.75, 3.05) is 18.5 Å². The topological polar surface area (TPSA) is 47.3 Å². The lowest BCUT2D eigenvalue weighted by molar-refractivity contribution is 0.0854. The van der Waals surface area contributed by atoms with E-state index in [1.165, 1.54) is 0 Å². The third-order valence-electron chi connectivity index (χ3n) is 2.34. The molecule has 0 bridgehead atoms. The molecule has 0 spiro atoms. The summed E-state index contributed by atoms with van der Waals surface area (Å²) < 4.78 is 32.6. The highest BCUT2D eigenvalue weighted by Gasteiger charge is 2.13. The van der Waals surface area contributed by atoms with Gasteiger partial charge >= 0.3 is 0 Å². The fourth-order valence-electron chi connectivity index (χ4n) is 1.47. The van der Waals surface area contributed by atoms with Gasteiger partial charge in [-0.15, -0.1) is 0 Å². The molecule has 0 heterocycles. The van der Waals surface area contributed by atoms with Crippen LogP contribution < -0.4 is 11.1 Å². The number of benzene rings is 1. The van der Waals surface area contributed by atoms with Crippen LogP contribution in [0, 0.1) is 11.6 Å². The average Bonchev–Trinajstić information content (AvgIpc) is 2.27. The molecule has 1 aromatic rings. The summed E-state index contributed by atoms with van der Waals surface area (Å²) >= 11 is 4.67. The van der Waals surface area contributed by atoms with Gasteiger partial charge < -0.3 is 15.8 Å². The van der Waals surface area contributed by atoms with Gasteiger partial charge in [0.05, 0.1) is 6.10 Å². The Morgan fingerprint density at radius 2 is 2.00 bits per heavy atom. The standard InChI is InChI=1S/C12H16F2N2OS/c1-3-17-7(2)6-16-11-9(13)4-8(12(15)18)5-10(11)14/h4-5,7,16H,3,6H2,1-2H3,(H2,15,18). The molecular weight excluding hydrogens is 258 g/mol. The van der Waals surface area contributed by atoms with Crippen LogP contribution in [0.25, 0.3) is 0 Å². The summed E-state index contributed by atoms with van der Waals surface area (Å²) in [5, 5.41) is 2.67. The Kier molecular flexibility index (Phi) is 5.43. The van der Waals surface area contributed by atoms with Crippen LogP contribution in [-0.2, 0) is 4.74 Å². The van der Waals surface area contributed by atoms with Crippen LogP contribution in [0.2, 0.25) is 0 Å². The van der Waals surface area contributed by atoms with E-state index in [2.05, 4.69) is 17.5 Å². The fourth-order valence-corrected chi connectivity index (χ4v) is 1.59. The maximum atomic E-state index is 13.6. The smallest absolute Gasteiger partial charge is 0.150 e. The lowest BCUT2D eigenvalue weighted by Crippen LogP contribution is -2.21. The van der Waals surface area contributed by atoms with E-state index in [4.69, 9.17) is 10.5 Å². The molecule has 0 saturated heterocycles. The number of halogens is 2. The predicted octanol–water partition coefficient (Wildman–Crippen LogP) is 2.44. The second kappa shape index (κ2) is 6.61. The first-order valence-corrected chi connectivity index (χ1v) is 6.00. The maximum absolute atomic E-state index is 13.6. The zero-order chi connectivity index (χ0) is 13.7. The maximum Gasteiger partial charge on any atom is 0.150 e. The van der Waals surface area contributed by atoms with Crippen molar-refractivity contribution in [3.63, 3.8) is 0 Å². The molecule has 1 unspecified atom stereocenters. The minimum Gasteiger partial charge on any atom is -0.389 e. The normalized spacial score (nSPS) is 12.2. The summed E-state index contributed by atoms with van der Waals surface area (Å²) in [6.07, 6.45) is -0.135. The Morgan fingerprint density at radius 3 is 2.44 bits per heavy atom. The molecule has 0 aliphatic rings. The lowest BCUT2D eigenvalue weighted by Gasteiger charge is -2.15. The largest absolute Gasteiger partial charge is 0.389 e. The number of rotatable bonds is 6. The molecule has 18 heavy (non-hydrogen) atoms. The molecule has 1 rings (SSSR count). The molecule has 0 amide bonds. The van der Waals surface area contributed by atoms with E-state index in [1.807, 2.05) is 13.8 Å². The third-order valence-corrected chi connectivity index (χ3v) is 2.58. The SMILES string of the molecule is CCOC(C)CNc1c(F)cc(C(N)=S)cc1F. The highest BCUT2D eigenvalue weighted by atomic mass is 32.1. The molecule has 0 aliphatic carbocycles. The number of anilines is 1. The van der Waals surface area contributed by atoms with Crippen LogP contribution in [0.1, 0.15) is 19.4 Å². The quantitative estimate of drug-likeness (QED) is 0.782. The van der Waals surface area contributed by atoms with Gasteiger partial charge in [0.25, 0.3) is 0 Å². The van der Waals surface area contributed by atoms with Crippen LogP contribution in [0.3, 0.4) is 0 Å². The van der Waals surface area contributed by atoms with Crippen molar-refractivity contribution in [1.82, 2.24) is 0 Å². The van der Waals surface area contributed by atoms with Gasteiger partial charge in [-0.1, -0.05) is 12.2 Å². The van der Waals surface area contributed by atoms with Crippen molar-refractivity contribution in [3.8, 4) is 0 Å². The number of hydrogen-bond donors (Lipinski definition) is 2. The van der Waals surface area contributed by atoms with Crippen LogP contribution in [-0.4, -0.2) is 24.2 Å². The van der Waals surface area contributed by atoms with Gasteiger partial charge in [0.15, 0.2) is 0 Å². The van der Waals surface area contributed by atoms with E-state index in [0.29, 0.717) is 13.2 Å². The van der Waals surface area contributed by atoms with E-state index >= 15 is 0 Å². The molecule has 6 heteroatoms. The van der Waals surface area contributed by atoms with Gasteiger partial charge in [-0.05, 0) is 26.0 Å². The Labute approximate surface area is 110 Å². The average molecular weight is 274 g/mol. The minimum absolute atomic E-state index is 0.0398. The third kappa shape index (κ3) is 3.89. The van der Waals surface area contributed by atoms with E-state index in [9.17, 15) is 8.78 Å². The zero-order valence-electron chi connectivity index (χ0n) is 10.3. The second-order valence-electron chi connectivity index (χ2n) is 3.83. The molecule has 0 radical (unpaired) electrons. The van der Waals surface area contributed by atoms with Crippen molar-refractivity contribution in [2.24, 2.45) is 5.73 Å². The molecule has 0 aliphatic heterocycles. The molecular formula is C12H16F2N2OS. The van der Waals surface area contributed by atoms with Gasteiger partial charge in [0, 0.05) is 18.7 Å². The Bertz CT molecular complexity index is 417. The number of nitrogens with one attached hydrogen (secondary N) is 1. The Morgan fingerprint density at radius 1 is 1.44 bits per heavy atom. The monoisotopic (exact) mass is 274 g/mol. The lowest BCUT2D eigenvalue weighted by atomic mass is 10.2. The highest BCUT2D eigenvalue weighted by molar-refractivity contribution is 7.80. The van der Waals surface area contributed by atoms with Crippen molar-refractivity contribution < 1.29 is 13.5 Å². The van der Waals surface area contributed by atoms with E-state index < -0.39 is 11.6 Å². The Balaban J connectivity index is 2.81. The summed E-state index contributed by atoms with van der Waals surface area (Å²) in [5.41, 5.74) is 5.30. The highest BCUT2D eigenvalue weighted by Crippen LogP contribution is 2.20. The van der Waals surface area contributed by atoms with Gasteiger partial charge in [0.2, 0.25) is 0 Å². The first-order valence-electron chi connectivity index (χ1n) is 5.60. The van der Waals surface area contributed by atoms with E-state index in [0.717, 1.165) is 12.1 Å². The van der Waals surface area contributed by atoms with Crippen LogP contribution in [0.4, 0.5) is 14.5 Å². The number of nitrogens with two attached hydrogens (primary N) is 1. The Hall–Kier alpha value is -1.27. The van der Waals surface area contributed by atoms with Crippen molar-refractivity contribution in [2.45, 2.75) is 20.0 Å². The van der Waals surface area contributed by atoms with Gasteiger partial charge in [-0.3, -0.25) is 0 Å². The molecule has 0 fully saturated rings. The van der Waals surface area contributed by atoms with Crippen molar-refractivity contribution in [1.29, 1.82) is 0 Å². The summed E-state index contributed by atoms with van der Waals surface area (Å²) in [6.45, 7) is 4.53. The van der Waals surface area contributed by atoms with Gasteiger partial charge in [-0.25, -0.2) is 8.78 Å². The second-order valence-corrected chi connectivity index (χ2v) is 4.27. The predicted molar refractivity (Wildman–Crippen MR) is 71.8 cm³/mol. The van der Waals surface area contributed by atoms with E-state index in [-0.39, 0.29) is 22.3 Å². The van der Waals surface area contributed by atoms with Crippen molar-refractivity contribution in [3.05, 3.63) is 29.3 Å². The molecule has 1 atom stereocenters. The van der Waals surface area contributed by atoms with Gasteiger partial charge in [0.1, 0.15) is 22.3 Å². The van der Waals surface area contributed by atoms with Crippen LogP contribution >= 0.6 is 12.2 Å². The zero-order valence-corrected chi connectivity index (χ0v) is 11.1. The minimum atomic E-state index is -0.721. The number of thiocarbonyl (C=S) groups is 1. The van der Waals surface area contributed by atoms with E-state index in [1.54, 1.807) is 0 Å². The molecule has 3 N–H and O–H groups in total. The molecule has 0 aromatic heterocycles. The molecule has 100 valence electrons. The van der Waals surface area contributed by atoms with Crippen LogP contribution in [0.5, 0.6) is 0 Å². The first-order chi connectivity index (χ1) is 8.45.